The van der Waals surface area contributed by atoms with E-state index in [9.17, 15) is 9.50 Å². The Labute approximate surface area is 111 Å². The zero-order valence-corrected chi connectivity index (χ0v) is 11.2. The van der Waals surface area contributed by atoms with Gasteiger partial charge in [0.25, 0.3) is 0 Å². The van der Waals surface area contributed by atoms with Gasteiger partial charge in [-0.1, -0.05) is 6.92 Å². The lowest BCUT2D eigenvalue weighted by Gasteiger charge is -2.11. The highest BCUT2D eigenvalue weighted by Crippen LogP contribution is 2.25. The minimum absolute atomic E-state index is 0.375. The predicted octanol–water partition coefficient (Wildman–Crippen LogP) is 2.90. The molecular weight excluding hydrogens is 245 g/mol. The third kappa shape index (κ3) is 2.50. The summed E-state index contributed by atoms with van der Waals surface area (Å²) in [6.07, 6.45) is 0.774. The first-order valence-corrected chi connectivity index (χ1v) is 6.11. The molecule has 4 nitrogen and oxygen atoms in total. The number of phenolic OH excluding ortho intramolecular Hbond substituents is 1. The second-order valence-electron chi connectivity index (χ2n) is 4.24. The minimum Gasteiger partial charge on any atom is -0.505 e. The Morgan fingerprint density at radius 2 is 2.05 bits per heavy atom. The molecule has 0 spiro atoms. The second-order valence-corrected chi connectivity index (χ2v) is 4.24. The maximum absolute atomic E-state index is 13.4. The van der Waals surface area contributed by atoms with Crippen LogP contribution in [-0.4, -0.2) is 22.1 Å². The van der Waals surface area contributed by atoms with Crippen LogP contribution in [-0.2, 0) is 6.42 Å². The highest BCUT2D eigenvalue weighted by Gasteiger charge is 2.11. The van der Waals surface area contributed by atoms with Crippen LogP contribution in [0.1, 0.15) is 18.2 Å². The van der Waals surface area contributed by atoms with E-state index >= 15 is 0 Å². The first-order valence-electron chi connectivity index (χ1n) is 6.11. The molecule has 0 unspecified atom stereocenters. The number of nitrogens with one attached hydrogen (secondary N) is 1. The third-order valence-corrected chi connectivity index (χ3v) is 3.02. The van der Waals surface area contributed by atoms with Crippen LogP contribution in [0, 0.1) is 12.7 Å². The normalized spacial score (nSPS) is 10.5. The number of aromatic hydroxyl groups is 1. The lowest BCUT2D eigenvalue weighted by atomic mass is 10.1. The van der Waals surface area contributed by atoms with Crippen molar-refractivity contribution in [2.45, 2.75) is 20.3 Å². The topological polar surface area (TPSA) is 58.0 Å². The van der Waals surface area contributed by atoms with Gasteiger partial charge >= 0.3 is 0 Å². The van der Waals surface area contributed by atoms with Gasteiger partial charge < -0.3 is 10.4 Å². The van der Waals surface area contributed by atoms with E-state index in [1.807, 2.05) is 13.8 Å². The average Bonchev–Trinajstić information content (AvgIpc) is 2.42. The number of phenols is 1. The molecular formula is C14H16FN3O. The third-order valence-electron chi connectivity index (χ3n) is 3.02. The van der Waals surface area contributed by atoms with Gasteiger partial charge in [0.05, 0.1) is 0 Å². The number of anilines is 1. The Morgan fingerprint density at radius 3 is 2.63 bits per heavy atom. The molecule has 2 N–H and O–H groups in total. The van der Waals surface area contributed by atoms with Gasteiger partial charge in [0, 0.05) is 23.9 Å². The van der Waals surface area contributed by atoms with Crippen LogP contribution in [0.3, 0.4) is 0 Å². The van der Waals surface area contributed by atoms with E-state index in [1.54, 1.807) is 13.1 Å². The zero-order valence-electron chi connectivity index (χ0n) is 11.2. The summed E-state index contributed by atoms with van der Waals surface area (Å²) >= 11 is 0. The monoisotopic (exact) mass is 261 g/mol. The van der Waals surface area contributed by atoms with Gasteiger partial charge in [0.15, 0.2) is 17.4 Å². The van der Waals surface area contributed by atoms with Crippen molar-refractivity contribution in [1.29, 1.82) is 0 Å². The molecule has 19 heavy (non-hydrogen) atoms. The fraction of sp³-hybridized carbons (Fsp3) is 0.286. The Balaban J connectivity index is 2.58. The van der Waals surface area contributed by atoms with Crippen molar-refractivity contribution in [2.75, 3.05) is 12.4 Å². The maximum Gasteiger partial charge on any atom is 0.165 e. The fourth-order valence-corrected chi connectivity index (χ4v) is 1.93. The van der Waals surface area contributed by atoms with Crippen LogP contribution in [0.15, 0.2) is 18.2 Å². The average molecular weight is 261 g/mol. The summed E-state index contributed by atoms with van der Waals surface area (Å²) in [6.45, 7) is 3.96. The largest absolute Gasteiger partial charge is 0.505 e. The van der Waals surface area contributed by atoms with E-state index < -0.39 is 5.82 Å². The van der Waals surface area contributed by atoms with Gasteiger partial charge in [0.1, 0.15) is 5.82 Å². The smallest absolute Gasteiger partial charge is 0.165 e. The molecule has 2 aromatic rings. The van der Waals surface area contributed by atoms with E-state index in [1.165, 1.54) is 12.1 Å². The van der Waals surface area contributed by atoms with Crippen molar-refractivity contribution < 1.29 is 9.50 Å². The number of aryl methyl sites for hydroxylation is 1. The van der Waals surface area contributed by atoms with E-state index in [0.717, 1.165) is 23.5 Å². The molecule has 1 aromatic carbocycles. The summed E-state index contributed by atoms with van der Waals surface area (Å²) in [7, 11) is 1.79. The van der Waals surface area contributed by atoms with Crippen LogP contribution < -0.4 is 5.32 Å². The lowest BCUT2D eigenvalue weighted by Crippen LogP contribution is -2.04. The molecule has 0 amide bonds. The molecule has 0 fully saturated rings. The molecule has 0 aliphatic carbocycles. The van der Waals surface area contributed by atoms with Crippen LogP contribution in [0.5, 0.6) is 5.75 Å². The van der Waals surface area contributed by atoms with Crippen molar-refractivity contribution in [3.05, 3.63) is 35.3 Å². The number of benzene rings is 1. The van der Waals surface area contributed by atoms with Crippen LogP contribution >= 0.6 is 0 Å². The van der Waals surface area contributed by atoms with Crippen LogP contribution in [0.4, 0.5) is 10.2 Å². The second kappa shape index (κ2) is 5.22. The molecule has 0 radical (unpaired) electrons. The molecule has 1 heterocycles. The van der Waals surface area contributed by atoms with Gasteiger partial charge in [0.2, 0.25) is 0 Å². The highest BCUT2D eigenvalue weighted by molar-refractivity contribution is 5.60. The zero-order chi connectivity index (χ0) is 14.0. The molecule has 0 bridgehead atoms. The summed E-state index contributed by atoms with van der Waals surface area (Å²) in [4.78, 5) is 8.81. The summed E-state index contributed by atoms with van der Waals surface area (Å²) < 4.78 is 13.4. The quantitative estimate of drug-likeness (QED) is 0.892. The van der Waals surface area contributed by atoms with Crippen molar-refractivity contribution >= 4 is 5.82 Å². The van der Waals surface area contributed by atoms with Crippen molar-refractivity contribution in [1.82, 2.24) is 9.97 Å². The molecule has 100 valence electrons. The van der Waals surface area contributed by atoms with Gasteiger partial charge in [-0.3, -0.25) is 0 Å². The Hall–Kier alpha value is -2.17. The molecule has 2 rings (SSSR count). The number of rotatable bonds is 3. The molecule has 1 aromatic heterocycles. The molecule has 0 aliphatic heterocycles. The van der Waals surface area contributed by atoms with Crippen LogP contribution in [0.25, 0.3) is 11.4 Å². The van der Waals surface area contributed by atoms with Crippen molar-refractivity contribution in [2.24, 2.45) is 0 Å². The number of halogens is 1. The minimum atomic E-state index is -0.675. The number of nitrogens with zero attached hydrogens (tertiary/aromatic N) is 2. The maximum atomic E-state index is 13.4. The molecule has 5 heteroatoms. The summed E-state index contributed by atoms with van der Waals surface area (Å²) in [5, 5.41) is 12.2. The highest BCUT2D eigenvalue weighted by atomic mass is 19.1. The Morgan fingerprint density at radius 1 is 1.32 bits per heavy atom. The van der Waals surface area contributed by atoms with E-state index in [0.29, 0.717) is 11.4 Å². The van der Waals surface area contributed by atoms with Crippen LogP contribution in [0.2, 0.25) is 0 Å². The van der Waals surface area contributed by atoms with Crippen molar-refractivity contribution in [3.8, 4) is 17.1 Å². The van der Waals surface area contributed by atoms with Gasteiger partial charge in [-0.15, -0.1) is 0 Å². The van der Waals surface area contributed by atoms with Gasteiger partial charge in [-0.05, 0) is 31.5 Å². The molecule has 0 atom stereocenters. The predicted molar refractivity (Wildman–Crippen MR) is 72.8 cm³/mol. The molecule has 0 saturated carbocycles. The fourth-order valence-electron chi connectivity index (χ4n) is 1.93. The first kappa shape index (κ1) is 13.3. The van der Waals surface area contributed by atoms with E-state index in [4.69, 9.17) is 0 Å². The molecule has 0 aliphatic rings. The number of hydrogen-bond donors (Lipinski definition) is 2. The van der Waals surface area contributed by atoms with E-state index in [2.05, 4.69) is 15.3 Å². The summed E-state index contributed by atoms with van der Waals surface area (Å²) in [6, 6.07) is 4.14. The summed E-state index contributed by atoms with van der Waals surface area (Å²) in [5.41, 5.74) is 2.46. The Kier molecular flexibility index (Phi) is 3.64. The lowest BCUT2D eigenvalue weighted by molar-refractivity contribution is 0.432. The van der Waals surface area contributed by atoms with Gasteiger partial charge in [-0.2, -0.15) is 0 Å². The standard InChI is InChI=1S/C14H16FN3O/c1-4-11-8(2)13(16-3)18-14(17-11)9-5-6-12(19)10(15)7-9/h5-7,19H,4H2,1-3H3,(H,16,17,18). The number of aromatic nitrogens is 2. The van der Waals surface area contributed by atoms with Crippen molar-refractivity contribution in [3.63, 3.8) is 0 Å². The summed E-state index contributed by atoms with van der Waals surface area (Å²) in [5.74, 6) is 0.132. The van der Waals surface area contributed by atoms with E-state index in [-0.39, 0.29) is 5.75 Å². The first-order chi connectivity index (χ1) is 9.06. The SMILES string of the molecule is CCc1nc(-c2ccc(O)c(F)c2)nc(NC)c1C. The molecule has 0 saturated heterocycles. The Bertz CT molecular complexity index is 589. The number of hydrogen-bond acceptors (Lipinski definition) is 4. The van der Waals surface area contributed by atoms with Gasteiger partial charge in [-0.25, -0.2) is 14.4 Å².